The summed E-state index contributed by atoms with van der Waals surface area (Å²) in [6.45, 7) is 0. The average molecular weight is 232 g/mol. The minimum atomic E-state index is -5.08. The average Bonchev–Trinajstić information content (AvgIpc) is 1.82. The summed E-state index contributed by atoms with van der Waals surface area (Å²) in [6.07, 6.45) is -1.46. The van der Waals surface area contributed by atoms with Crippen LogP contribution in [0.5, 0.6) is 0 Å². The van der Waals surface area contributed by atoms with Crippen LogP contribution < -0.4 is 0 Å². The van der Waals surface area contributed by atoms with E-state index in [9.17, 15) is 18.7 Å². The standard InChI is InChI=1S/C3H6O8P2/c4-2(12(6,7)8)1-3(5)13(9,10)11/h1H2,(H2,6,7,8)(H2,9,10,11). The predicted octanol–water partition coefficient (Wildman–Crippen LogP) is -1.21. The van der Waals surface area contributed by atoms with E-state index in [4.69, 9.17) is 19.6 Å². The molecule has 0 aliphatic rings. The molecule has 0 saturated heterocycles. The molecule has 8 nitrogen and oxygen atoms in total. The first-order chi connectivity index (χ1) is 5.55. The van der Waals surface area contributed by atoms with Gasteiger partial charge in [-0.3, -0.25) is 18.7 Å². The van der Waals surface area contributed by atoms with E-state index in [2.05, 4.69) is 0 Å². The number of rotatable bonds is 4. The fraction of sp³-hybridized carbons (Fsp3) is 0.333. The lowest BCUT2D eigenvalue weighted by Gasteiger charge is -2.02. The SMILES string of the molecule is O=C(CC(=O)P(=O)(O)O)P(=O)(O)O. The second-order valence-electron chi connectivity index (χ2n) is 2.05. The van der Waals surface area contributed by atoms with Gasteiger partial charge >= 0.3 is 15.2 Å². The molecule has 0 aliphatic carbocycles. The molecule has 0 fully saturated rings. The summed E-state index contributed by atoms with van der Waals surface area (Å²) in [5.74, 6) is 0. The second kappa shape index (κ2) is 3.79. The van der Waals surface area contributed by atoms with Crippen LogP contribution in [0, 0.1) is 0 Å². The maximum atomic E-state index is 10.4. The Labute approximate surface area is 71.9 Å². The van der Waals surface area contributed by atoms with Gasteiger partial charge in [0.2, 0.25) is 0 Å². The number of carbonyl (C=O) groups excluding carboxylic acids is 2. The summed E-state index contributed by atoms with van der Waals surface area (Å²) < 4.78 is 20.3. The van der Waals surface area contributed by atoms with E-state index in [1.807, 2.05) is 0 Å². The third kappa shape index (κ3) is 4.42. The van der Waals surface area contributed by atoms with Gasteiger partial charge in [-0.25, -0.2) is 0 Å². The molecule has 13 heavy (non-hydrogen) atoms. The summed E-state index contributed by atoms with van der Waals surface area (Å²) >= 11 is 0. The second-order valence-corrected chi connectivity index (χ2v) is 5.23. The van der Waals surface area contributed by atoms with Gasteiger partial charge in [-0.05, 0) is 0 Å². The number of hydrogen-bond acceptors (Lipinski definition) is 4. The van der Waals surface area contributed by atoms with Crippen molar-refractivity contribution in [2.75, 3.05) is 0 Å². The summed E-state index contributed by atoms with van der Waals surface area (Å²) in [4.78, 5) is 53.4. The van der Waals surface area contributed by atoms with Crippen molar-refractivity contribution in [1.82, 2.24) is 0 Å². The van der Waals surface area contributed by atoms with Gasteiger partial charge in [0.25, 0.3) is 11.0 Å². The smallest absolute Gasteiger partial charge is 0.319 e. The van der Waals surface area contributed by atoms with Crippen LogP contribution in [0.1, 0.15) is 6.42 Å². The minimum absolute atomic E-state index is 1.46. The monoisotopic (exact) mass is 232 g/mol. The summed E-state index contributed by atoms with van der Waals surface area (Å²) in [5.41, 5.74) is -3.61. The Morgan fingerprint density at radius 3 is 1.23 bits per heavy atom. The highest BCUT2D eigenvalue weighted by Gasteiger charge is 2.34. The molecule has 0 aliphatic heterocycles. The third-order valence-corrected chi connectivity index (χ3v) is 2.57. The molecule has 0 radical (unpaired) electrons. The zero-order chi connectivity index (χ0) is 10.9. The highest BCUT2D eigenvalue weighted by molar-refractivity contribution is 7.73. The van der Waals surface area contributed by atoms with Crippen molar-refractivity contribution in [1.29, 1.82) is 0 Å². The zero-order valence-electron chi connectivity index (χ0n) is 6.02. The molecule has 0 saturated carbocycles. The quantitative estimate of drug-likeness (QED) is 0.348. The van der Waals surface area contributed by atoms with E-state index in [1.165, 1.54) is 0 Å². The van der Waals surface area contributed by atoms with Crippen molar-refractivity contribution in [3.63, 3.8) is 0 Å². The number of carbonyl (C=O) groups is 2. The van der Waals surface area contributed by atoms with Gasteiger partial charge in [0.1, 0.15) is 0 Å². The Morgan fingerprint density at radius 2 is 1.08 bits per heavy atom. The molecule has 0 heterocycles. The highest BCUT2D eigenvalue weighted by atomic mass is 31.2. The number of hydrogen-bond donors (Lipinski definition) is 4. The predicted molar refractivity (Wildman–Crippen MR) is 38.7 cm³/mol. The van der Waals surface area contributed by atoms with Crippen LogP contribution in [0.3, 0.4) is 0 Å². The Kier molecular flexibility index (Phi) is 3.69. The normalized spacial score (nSPS) is 12.6. The summed E-state index contributed by atoms with van der Waals surface area (Å²) in [6, 6.07) is 0. The lowest BCUT2D eigenvalue weighted by molar-refractivity contribution is -0.120. The van der Waals surface area contributed by atoms with Crippen LogP contribution in [0.4, 0.5) is 0 Å². The molecule has 4 N–H and O–H groups in total. The Hall–Kier alpha value is -0.360. The van der Waals surface area contributed by atoms with Gasteiger partial charge in [0.05, 0.1) is 6.42 Å². The van der Waals surface area contributed by atoms with Crippen molar-refractivity contribution in [2.24, 2.45) is 0 Å². The zero-order valence-corrected chi connectivity index (χ0v) is 7.81. The Bertz CT molecular complexity index is 286. The molecule has 0 aromatic rings. The van der Waals surface area contributed by atoms with Crippen LogP contribution >= 0.6 is 15.2 Å². The van der Waals surface area contributed by atoms with Crippen molar-refractivity contribution in [3.05, 3.63) is 0 Å². The van der Waals surface area contributed by atoms with Crippen LogP contribution in [0.25, 0.3) is 0 Å². The Balaban J connectivity index is 4.52. The lowest BCUT2D eigenvalue weighted by Crippen LogP contribution is -2.08. The van der Waals surface area contributed by atoms with E-state index < -0.39 is 32.7 Å². The van der Waals surface area contributed by atoms with Gasteiger partial charge in [0.15, 0.2) is 0 Å². The van der Waals surface area contributed by atoms with Crippen molar-refractivity contribution in [2.45, 2.75) is 6.42 Å². The van der Waals surface area contributed by atoms with Crippen molar-refractivity contribution in [3.8, 4) is 0 Å². The lowest BCUT2D eigenvalue weighted by atomic mass is 10.5. The molecular weight excluding hydrogens is 226 g/mol. The fourth-order valence-electron chi connectivity index (χ4n) is 0.335. The van der Waals surface area contributed by atoms with E-state index in [0.717, 1.165) is 0 Å². The van der Waals surface area contributed by atoms with E-state index in [-0.39, 0.29) is 0 Å². The molecule has 0 atom stereocenters. The minimum Gasteiger partial charge on any atom is -0.319 e. The maximum Gasteiger partial charge on any atom is 0.392 e. The van der Waals surface area contributed by atoms with Crippen molar-refractivity contribution >= 4 is 26.2 Å². The highest BCUT2D eigenvalue weighted by Crippen LogP contribution is 2.42. The first-order valence-corrected chi connectivity index (χ1v) is 5.95. The largest absolute Gasteiger partial charge is 0.392 e. The third-order valence-electron chi connectivity index (χ3n) is 0.952. The molecule has 0 aromatic carbocycles. The molecule has 0 rings (SSSR count). The van der Waals surface area contributed by atoms with Crippen LogP contribution in [0.15, 0.2) is 0 Å². The summed E-state index contributed by atoms with van der Waals surface area (Å²) in [5, 5.41) is 0. The summed E-state index contributed by atoms with van der Waals surface area (Å²) in [7, 11) is -10.2. The van der Waals surface area contributed by atoms with Crippen LogP contribution in [-0.2, 0) is 18.7 Å². The first kappa shape index (κ1) is 12.6. The van der Waals surface area contributed by atoms with E-state index >= 15 is 0 Å². The maximum absolute atomic E-state index is 10.4. The van der Waals surface area contributed by atoms with E-state index in [0.29, 0.717) is 0 Å². The molecule has 0 spiro atoms. The molecule has 0 bridgehead atoms. The fourth-order valence-corrected chi connectivity index (χ4v) is 1.16. The Morgan fingerprint density at radius 1 is 0.846 bits per heavy atom. The van der Waals surface area contributed by atoms with Gasteiger partial charge < -0.3 is 19.6 Å². The van der Waals surface area contributed by atoms with Gasteiger partial charge in [-0.1, -0.05) is 0 Å². The molecule has 0 aromatic heterocycles. The van der Waals surface area contributed by atoms with Crippen molar-refractivity contribution < 1.29 is 38.3 Å². The molecule has 76 valence electrons. The van der Waals surface area contributed by atoms with E-state index in [1.54, 1.807) is 0 Å². The van der Waals surface area contributed by atoms with Crippen LogP contribution in [0.2, 0.25) is 0 Å². The molecule has 0 unspecified atom stereocenters. The molecule has 10 heteroatoms. The molecular formula is C3H6O8P2. The topological polar surface area (TPSA) is 149 Å². The van der Waals surface area contributed by atoms with Crippen LogP contribution in [-0.4, -0.2) is 30.6 Å². The van der Waals surface area contributed by atoms with Gasteiger partial charge in [-0.2, -0.15) is 0 Å². The van der Waals surface area contributed by atoms with Gasteiger partial charge in [0, 0.05) is 0 Å². The molecule has 0 amide bonds. The first-order valence-electron chi connectivity index (χ1n) is 2.73. The van der Waals surface area contributed by atoms with Gasteiger partial charge in [-0.15, -0.1) is 0 Å².